The van der Waals surface area contributed by atoms with Gasteiger partial charge < -0.3 is 0 Å². The van der Waals surface area contributed by atoms with Gasteiger partial charge in [0.15, 0.2) is 6.29 Å². The molecular formula is C7H6FNOS. The monoisotopic (exact) mass is 171 g/mol. The molecule has 11 heavy (non-hydrogen) atoms. The second-order valence-electron chi connectivity index (χ2n) is 1.85. The van der Waals surface area contributed by atoms with Crippen LogP contribution in [0.4, 0.5) is 4.39 Å². The summed E-state index contributed by atoms with van der Waals surface area (Å²) in [7, 11) is 0. The van der Waals surface area contributed by atoms with E-state index >= 15 is 0 Å². The average Bonchev–Trinajstić information content (AvgIpc) is 2.04. The number of rotatable bonds is 2. The minimum absolute atomic E-state index is 0.00259. The van der Waals surface area contributed by atoms with E-state index in [0.717, 1.165) is 0 Å². The summed E-state index contributed by atoms with van der Waals surface area (Å²) in [5.74, 6) is -0.702. The normalized spacial score (nSPS) is 9.64. The first-order valence-corrected chi connectivity index (χ1v) is 4.16. The largest absolute Gasteiger partial charge is 0.298 e. The van der Waals surface area contributed by atoms with Gasteiger partial charge in [-0.2, -0.15) is 4.39 Å². The van der Waals surface area contributed by atoms with Gasteiger partial charge in [-0.15, -0.1) is 11.8 Å². The Morgan fingerprint density at radius 2 is 2.36 bits per heavy atom. The molecule has 0 aliphatic carbocycles. The fraction of sp³-hybridized carbons (Fsp3) is 0.143. The molecule has 0 N–H and O–H groups in total. The second-order valence-corrected chi connectivity index (χ2v) is 2.68. The molecule has 0 spiro atoms. The summed E-state index contributed by atoms with van der Waals surface area (Å²) in [5, 5.41) is 0.577. The van der Waals surface area contributed by atoms with Gasteiger partial charge in [0.2, 0.25) is 5.95 Å². The zero-order chi connectivity index (χ0) is 8.27. The third kappa shape index (κ3) is 1.77. The maximum Gasteiger partial charge on any atom is 0.224 e. The van der Waals surface area contributed by atoms with Crippen LogP contribution < -0.4 is 0 Å². The van der Waals surface area contributed by atoms with E-state index in [0.29, 0.717) is 11.3 Å². The zero-order valence-electron chi connectivity index (χ0n) is 5.87. The topological polar surface area (TPSA) is 30.0 Å². The van der Waals surface area contributed by atoms with Crippen molar-refractivity contribution in [2.24, 2.45) is 0 Å². The van der Waals surface area contributed by atoms with Gasteiger partial charge >= 0.3 is 0 Å². The fourth-order valence-corrected chi connectivity index (χ4v) is 1.01. The molecule has 58 valence electrons. The SMILES string of the molecule is CSc1ccc(C=O)c(F)n1. The number of pyridine rings is 1. The third-order valence-electron chi connectivity index (χ3n) is 1.19. The third-order valence-corrected chi connectivity index (χ3v) is 1.83. The smallest absolute Gasteiger partial charge is 0.224 e. The van der Waals surface area contributed by atoms with Crippen LogP contribution in [0, 0.1) is 5.95 Å². The van der Waals surface area contributed by atoms with Gasteiger partial charge in [-0.1, -0.05) is 0 Å². The van der Waals surface area contributed by atoms with Crippen molar-refractivity contribution in [3.8, 4) is 0 Å². The van der Waals surface area contributed by atoms with Crippen molar-refractivity contribution in [1.82, 2.24) is 4.98 Å². The molecule has 1 rings (SSSR count). The van der Waals surface area contributed by atoms with E-state index in [9.17, 15) is 9.18 Å². The molecule has 1 heterocycles. The Bertz CT molecular complexity index is 277. The summed E-state index contributed by atoms with van der Waals surface area (Å²) in [6, 6.07) is 3.03. The Morgan fingerprint density at radius 1 is 1.64 bits per heavy atom. The van der Waals surface area contributed by atoms with Crippen molar-refractivity contribution in [2.45, 2.75) is 5.03 Å². The second kappa shape index (κ2) is 3.48. The number of nitrogens with zero attached hydrogens (tertiary/aromatic N) is 1. The lowest BCUT2D eigenvalue weighted by Gasteiger charge is -1.95. The van der Waals surface area contributed by atoms with Crippen molar-refractivity contribution >= 4 is 18.0 Å². The van der Waals surface area contributed by atoms with Crippen molar-refractivity contribution in [3.05, 3.63) is 23.6 Å². The summed E-state index contributed by atoms with van der Waals surface area (Å²) < 4.78 is 12.7. The van der Waals surface area contributed by atoms with E-state index in [-0.39, 0.29) is 5.56 Å². The van der Waals surface area contributed by atoms with Crippen LogP contribution >= 0.6 is 11.8 Å². The molecule has 4 heteroatoms. The standard InChI is InChI=1S/C7H6FNOS/c1-11-6-3-2-5(4-10)7(8)9-6/h2-4H,1H3. The molecule has 1 aromatic rings. The first-order valence-electron chi connectivity index (χ1n) is 2.93. The van der Waals surface area contributed by atoms with Crippen LogP contribution in [-0.4, -0.2) is 17.5 Å². The van der Waals surface area contributed by atoms with E-state index in [1.165, 1.54) is 17.8 Å². The first kappa shape index (κ1) is 8.20. The van der Waals surface area contributed by atoms with Crippen LogP contribution in [0.1, 0.15) is 10.4 Å². The van der Waals surface area contributed by atoms with Gasteiger partial charge in [0.25, 0.3) is 0 Å². The van der Waals surface area contributed by atoms with E-state index in [1.807, 2.05) is 0 Å². The number of aromatic nitrogens is 1. The molecular weight excluding hydrogens is 165 g/mol. The quantitative estimate of drug-likeness (QED) is 0.386. The minimum atomic E-state index is -0.702. The number of carbonyl (C=O) groups excluding carboxylic acids is 1. The summed E-state index contributed by atoms with van der Waals surface area (Å²) in [6.07, 6.45) is 2.24. The summed E-state index contributed by atoms with van der Waals surface area (Å²) in [6.45, 7) is 0. The minimum Gasteiger partial charge on any atom is -0.298 e. The summed E-state index contributed by atoms with van der Waals surface area (Å²) in [5.41, 5.74) is 0.00259. The van der Waals surface area contributed by atoms with E-state index in [1.54, 1.807) is 12.3 Å². The Labute approximate surface area is 67.8 Å². The lowest BCUT2D eigenvalue weighted by molar-refractivity contribution is 0.111. The highest BCUT2D eigenvalue weighted by molar-refractivity contribution is 7.98. The van der Waals surface area contributed by atoms with E-state index < -0.39 is 5.95 Å². The molecule has 0 fully saturated rings. The highest BCUT2D eigenvalue weighted by Crippen LogP contribution is 2.12. The highest BCUT2D eigenvalue weighted by atomic mass is 32.2. The number of thioether (sulfide) groups is 1. The number of hydrogen-bond donors (Lipinski definition) is 0. The summed E-state index contributed by atoms with van der Waals surface area (Å²) in [4.78, 5) is 13.7. The van der Waals surface area contributed by atoms with Crippen LogP contribution in [0.15, 0.2) is 17.2 Å². The molecule has 0 saturated heterocycles. The van der Waals surface area contributed by atoms with Crippen molar-refractivity contribution in [1.29, 1.82) is 0 Å². The first-order chi connectivity index (χ1) is 5.27. The molecule has 0 unspecified atom stereocenters. The van der Waals surface area contributed by atoms with Crippen molar-refractivity contribution in [3.63, 3.8) is 0 Å². The van der Waals surface area contributed by atoms with Gasteiger partial charge in [0.1, 0.15) is 0 Å². The van der Waals surface area contributed by atoms with Crippen LogP contribution in [0.3, 0.4) is 0 Å². The van der Waals surface area contributed by atoms with Crippen molar-refractivity contribution in [2.75, 3.05) is 6.26 Å². The lowest BCUT2D eigenvalue weighted by atomic mass is 10.3. The number of halogens is 1. The van der Waals surface area contributed by atoms with Gasteiger partial charge in [-0.25, -0.2) is 4.98 Å². The molecule has 0 atom stereocenters. The van der Waals surface area contributed by atoms with Gasteiger partial charge in [-0.3, -0.25) is 4.79 Å². The number of hydrogen-bond acceptors (Lipinski definition) is 3. The number of aldehydes is 1. The molecule has 1 aromatic heterocycles. The highest BCUT2D eigenvalue weighted by Gasteiger charge is 2.02. The molecule has 0 bridgehead atoms. The van der Waals surface area contributed by atoms with Gasteiger partial charge in [0, 0.05) is 0 Å². The van der Waals surface area contributed by atoms with E-state index in [2.05, 4.69) is 4.98 Å². The van der Waals surface area contributed by atoms with Crippen LogP contribution in [0.2, 0.25) is 0 Å². The Kier molecular flexibility index (Phi) is 2.59. The number of carbonyl (C=O) groups is 1. The molecule has 0 saturated carbocycles. The molecule has 0 aliphatic heterocycles. The Morgan fingerprint density at radius 3 is 2.82 bits per heavy atom. The molecule has 0 radical (unpaired) electrons. The zero-order valence-corrected chi connectivity index (χ0v) is 6.69. The Balaban J connectivity index is 3.09. The molecule has 0 aromatic carbocycles. The lowest BCUT2D eigenvalue weighted by Crippen LogP contribution is -1.92. The predicted octanol–water partition coefficient (Wildman–Crippen LogP) is 1.76. The molecule has 2 nitrogen and oxygen atoms in total. The summed E-state index contributed by atoms with van der Waals surface area (Å²) >= 11 is 1.34. The predicted molar refractivity (Wildman–Crippen MR) is 41.4 cm³/mol. The van der Waals surface area contributed by atoms with Crippen molar-refractivity contribution < 1.29 is 9.18 Å². The fourth-order valence-electron chi connectivity index (χ4n) is 0.630. The molecule has 0 amide bonds. The van der Waals surface area contributed by atoms with Crippen LogP contribution in [0.5, 0.6) is 0 Å². The van der Waals surface area contributed by atoms with Crippen LogP contribution in [0.25, 0.3) is 0 Å². The maximum atomic E-state index is 12.7. The van der Waals surface area contributed by atoms with E-state index in [4.69, 9.17) is 0 Å². The Hall–Kier alpha value is -0.900. The maximum absolute atomic E-state index is 12.7. The molecule has 0 aliphatic rings. The average molecular weight is 171 g/mol. The van der Waals surface area contributed by atoms with Gasteiger partial charge in [-0.05, 0) is 18.4 Å². The van der Waals surface area contributed by atoms with Crippen LogP contribution in [-0.2, 0) is 0 Å². The van der Waals surface area contributed by atoms with Gasteiger partial charge in [0.05, 0.1) is 10.6 Å².